The predicted octanol–water partition coefficient (Wildman–Crippen LogP) is 2.37. The lowest BCUT2D eigenvalue weighted by molar-refractivity contribution is -0.135. The molecule has 302 valence electrons. The van der Waals surface area contributed by atoms with Gasteiger partial charge in [-0.05, 0) is 98.9 Å². The number of rotatable bonds is 19. The zero-order chi connectivity index (χ0) is 40.4. The average Bonchev–Trinajstić information content (AvgIpc) is 3.96. The molecule has 14 nitrogen and oxygen atoms in total. The maximum atomic E-state index is 14.5. The lowest BCUT2D eigenvalue weighted by Gasteiger charge is -2.34. The standard InChI is InChI=1S/C41H50N8O6S2/c42-16-6-5-11-30(36(43)50)46-37(51)31(22-27-10-7-19-55-27)47-38(52)32(23-28-20-25-8-1-3-12-34(25)56-28)48-39(53)33(49-40(54)41(44)14-17-45-18-15-41)24-29-21-26-9-2-4-13-35(26)57-29/h1-4,7-10,12-13,19-21,30-33,45H,5-6,11,14-18,22-24,42,44H2,(H2,43,50)(H,46,51)(H,47,52)(H,48,53)(H,49,54)/t30-,31-,32+,33+/m0/s1. The van der Waals surface area contributed by atoms with Gasteiger partial charge in [0.25, 0.3) is 0 Å². The second kappa shape index (κ2) is 19.3. The first-order valence-corrected chi connectivity index (χ1v) is 20.8. The highest BCUT2D eigenvalue weighted by Crippen LogP contribution is 2.28. The molecule has 1 aliphatic rings. The summed E-state index contributed by atoms with van der Waals surface area (Å²) < 4.78 is 7.57. The third-order valence-electron chi connectivity index (χ3n) is 10.2. The highest BCUT2D eigenvalue weighted by atomic mass is 32.1. The van der Waals surface area contributed by atoms with Gasteiger partial charge < -0.3 is 48.2 Å². The van der Waals surface area contributed by atoms with Gasteiger partial charge in [-0.1, -0.05) is 36.4 Å². The molecule has 5 amide bonds. The van der Waals surface area contributed by atoms with Gasteiger partial charge >= 0.3 is 0 Å². The number of furan rings is 1. The molecule has 0 saturated carbocycles. The molecule has 2 aromatic carbocycles. The largest absolute Gasteiger partial charge is 0.469 e. The molecule has 0 radical (unpaired) electrons. The van der Waals surface area contributed by atoms with Crippen molar-refractivity contribution in [3.8, 4) is 0 Å². The summed E-state index contributed by atoms with van der Waals surface area (Å²) in [6, 6.07) is 18.5. The van der Waals surface area contributed by atoms with Crippen LogP contribution in [0.15, 0.2) is 83.5 Å². The Labute approximate surface area is 338 Å². The monoisotopic (exact) mass is 814 g/mol. The molecule has 0 bridgehead atoms. The number of nitrogens with one attached hydrogen (secondary N) is 5. The normalized spacial score (nSPS) is 16.0. The molecule has 4 heterocycles. The van der Waals surface area contributed by atoms with Crippen molar-refractivity contribution in [1.29, 1.82) is 0 Å². The maximum Gasteiger partial charge on any atom is 0.243 e. The molecular formula is C41H50N8O6S2. The molecule has 11 N–H and O–H groups in total. The van der Waals surface area contributed by atoms with Gasteiger partial charge in [-0.15, -0.1) is 22.7 Å². The van der Waals surface area contributed by atoms with Gasteiger partial charge in [0.15, 0.2) is 0 Å². The van der Waals surface area contributed by atoms with E-state index in [1.54, 1.807) is 12.1 Å². The number of carbonyl (C=O) groups excluding carboxylic acids is 5. The van der Waals surface area contributed by atoms with E-state index in [9.17, 15) is 24.0 Å². The first-order chi connectivity index (χ1) is 27.5. The minimum atomic E-state index is -1.20. The Hall–Kier alpha value is -5.13. The number of unbranched alkanes of at least 4 members (excludes halogenated alkanes) is 1. The van der Waals surface area contributed by atoms with Gasteiger partial charge in [0.05, 0.1) is 11.8 Å². The van der Waals surface area contributed by atoms with Crippen molar-refractivity contribution < 1.29 is 28.4 Å². The van der Waals surface area contributed by atoms with E-state index < -0.39 is 59.2 Å². The molecule has 3 aromatic heterocycles. The Morgan fingerprint density at radius 1 is 0.702 bits per heavy atom. The fourth-order valence-corrected chi connectivity index (χ4v) is 9.15. The molecule has 5 aromatic rings. The van der Waals surface area contributed by atoms with Gasteiger partial charge in [-0.3, -0.25) is 24.0 Å². The molecule has 4 atom stereocenters. The van der Waals surface area contributed by atoms with Crippen molar-refractivity contribution in [2.24, 2.45) is 17.2 Å². The van der Waals surface area contributed by atoms with Crippen LogP contribution in [0.4, 0.5) is 0 Å². The Morgan fingerprint density at radius 2 is 1.23 bits per heavy atom. The summed E-state index contributed by atoms with van der Waals surface area (Å²) >= 11 is 3.00. The molecule has 1 fully saturated rings. The fourth-order valence-electron chi connectivity index (χ4n) is 6.93. The van der Waals surface area contributed by atoms with Crippen LogP contribution in [-0.2, 0) is 43.2 Å². The number of primary amides is 1. The first kappa shape index (κ1) is 41.5. The van der Waals surface area contributed by atoms with Crippen LogP contribution in [0.1, 0.15) is 47.6 Å². The lowest BCUT2D eigenvalue weighted by atomic mass is 9.88. The van der Waals surface area contributed by atoms with Crippen molar-refractivity contribution in [3.63, 3.8) is 0 Å². The second-order valence-corrected chi connectivity index (χ2v) is 16.8. The van der Waals surface area contributed by atoms with Crippen LogP contribution in [0.5, 0.6) is 0 Å². The molecule has 57 heavy (non-hydrogen) atoms. The van der Waals surface area contributed by atoms with Crippen molar-refractivity contribution in [2.75, 3.05) is 19.6 Å². The highest BCUT2D eigenvalue weighted by molar-refractivity contribution is 7.19. The molecule has 6 rings (SSSR count). The summed E-state index contributed by atoms with van der Waals surface area (Å²) in [6.07, 6.45) is 3.93. The topological polar surface area (TPSA) is 237 Å². The third-order valence-corrected chi connectivity index (χ3v) is 12.5. The number of benzene rings is 2. The minimum Gasteiger partial charge on any atom is -0.469 e. The van der Waals surface area contributed by atoms with Crippen LogP contribution >= 0.6 is 22.7 Å². The van der Waals surface area contributed by atoms with E-state index in [1.165, 1.54) is 28.9 Å². The van der Waals surface area contributed by atoms with Crippen LogP contribution in [-0.4, -0.2) is 78.9 Å². The Bertz CT molecular complexity index is 2100. The summed E-state index contributed by atoms with van der Waals surface area (Å²) in [5.41, 5.74) is 16.7. The number of piperidine rings is 1. The smallest absolute Gasteiger partial charge is 0.243 e. The molecule has 0 unspecified atom stereocenters. The van der Waals surface area contributed by atoms with Gasteiger partial charge in [-0.2, -0.15) is 0 Å². The van der Waals surface area contributed by atoms with Crippen LogP contribution in [0.25, 0.3) is 20.2 Å². The number of carbonyl (C=O) groups is 5. The van der Waals surface area contributed by atoms with E-state index in [2.05, 4.69) is 26.6 Å². The van der Waals surface area contributed by atoms with E-state index in [0.717, 1.165) is 29.9 Å². The van der Waals surface area contributed by atoms with E-state index in [0.29, 0.717) is 51.1 Å². The lowest BCUT2D eigenvalue weighted by Crippen LogP contribution is -2.63. The average molecular weight is 815 g/mol. The van der Waals surface area contributed by atoms with Crippen LogP contribution in [0.2, 0.25) is 0 Å². The summed E-state index contributed by atoms with van der Waals surface area (Å²) in [6.45, 7) is 1.55. The summed E-state index contributed by atoms with van der Waals surface area (Å²) in [4.78, 5) is 70.5. The summed E-state index contributed by atoms with van der Waals surface area (Å²) in [5.74, 6) is -2.62. The number of thiophene rings is 2. The quantitative estimate of drug-likeness (QED) is 0.0571. The molecule has 16 heteroatoms. The molecule has 1 saturated heterocycles. The number of amides is 5. The van der Waals surface area contributed by atoms with E-state index >= 15 is 0 Å². The third kappa shape index (κ3) is 11.0. The highest BCUT2D eigenvalue weighted by Gasteiger charge is 2.38. The Kier molecular flexibility index (Phi) is 14.1. The van der Waals surface area contributed by atoms with E-state index in [-0.39, 0.29) is 25.7 Å². The van der Waals surface area contributed by atoms with E-state index in [1.807, 2.05) is 60.7 Å². The SMILES string of the molecule is NCCCC[C@H](NC(=O)[C@H](Cc1ccco1)NC(=O)[C@@H](Cc1cc2ccccc2s1)NC(=O)[C@@H](Cc1cc2ccccc2s1)NC(=O)C1(N)CCNCC1)C(N)=O. The van der Waals surface area contributed by atoms with Crippen molar-refractivity contribution in [1.82, 2.24) is 26.6 Å². The number of fused-ring (bicyclic) bond motifs is 2. The van der Waals surface area contributed by atoms with Gasteiger partial charge in [0.2, 0.25) is 29.5 Å². The van der Waals surface area contributed by atoms with Gasteiger partial charge in [0, 0.05) is 38.4 Å². The fraction of sp³-hybridized carbons (Fsp3) is 0.390. The number of hydrogen-bond acceptors (Lipinski definition) is 11. The first-order valence-electron chi connectivity index (χ1n) is 19.2. The predicted molar refractivity (Wildman–Crippen MR) is 222 cm³/mol. The molecule has 1 aliphatic heterocycles. The second-order valence-electron chi connectivity index (χ2n) is 14.5. The van der Waals surface area contributed by atoms with E-state index in [4.69, 9.17) is 21.6 Å². The molecule has 0 aliphatic carbocycles. The summed E-state index contributed by atoms with van der Waals surface area (Å²) in [5, 5.41) is 16.6. The van der Waals surface area contributed by atoms with Crippen molar-refractivity contribution in [3.05, 3.63) is 94.6 Å². The zero-order valence-corrected chi connectivity index (χ0v) is 33.2. The van der Waals surface area contributed by atoms with Crippen molar-refractivity contribution >= 4 is 72.4 Å². The molecule has 0 spiro atoms. The van der Waals surface area contributed by atoms with Crippen LogP contribution in [0, 0.1) is 0 Å². The number of hydrogen-bond donors (Lipinski definition) is 8. The maximum absolute atomic E-state index is 14.5. The Balaban J connectivity index is 1.28. The number of nitrogens with two attached hydrogens (primary N) is 3. The minimum absolute atomic E-state index is 0.0412. The summed E-state index contributed by atoms with van der Waals surface area (Å²) in [7, 11) is 0. The van der Waals surface area contributed by atoms with Gasteiger partial charge in [0.1, 0.15) is 29.9 Å². The van der Waals surface area contributed by atoms with Crippen LogP contribution in [0.3, 0.4) is 0 Å². The van der Waals surface area contributed by atoms with Crippen molar-refractivity contribution in [2.45, 2.75) is 81.1 Å². The molecular weight excluding hydrogens is 765 g/mol. The zero-order valence-electron chi connectivity index (χ0n) is 31.6. The Morgan fingerprint density at radius 3 is 1.74 bits per heavy atom. The van der Waals surface area contributed by atoms with Gasteiger partial charge in [-0.25, -0.2) is 0 Å². The van der Waals surface area contributed by atoms with Crippen LogP contribution < -0.4 is 43.8 Å².